The average Bonchev–Trinajstić information content (AvgIpc) is 2.51. The molecule has 1 fully saturated rings. The van der Waals surface area contributed by atoms with Crippen molar-refractivity contribution in [1.82, 2.24) is 14.7 Å². The van der Waals surface area contributed by atoms with E-state index in [0.717, 1.165) is 11.7 Å². The molecule has 0 amide bonds. The number of likely N-dealkylation sites (tertiary alicyclic amines) is 1. The summed E-state index contributed by atoms with van der Waals surface area (Å²) in [5.41, 5.74) is 0. The fourth-order valence-electron chi connectivity index (χ4n) is 1.91. The fourth-order valence-corrected chi connectivity index (χ4v) is 2.14. The van der Waals surface area contributed by atoms with Gasteiger partial charge < -0.3 is 4.90 Å². The molecule has 0 spiro atoms. The van der Waals surface area contributed by atoms with Crippen molar-refractivity contribution in [3.63, 3.8) is 0 Å². The Hall–Kier alpha value is -0.540. The van der Waals surface area contributed by atoms with Crippen LogP contribution in [0.15, 0.2) is 12.3 Å². The molecule has 2 rings (SSSR count). The van der Waals surface area contributed by atoms with Gasteiger partial charge in [-0.25, -0.2) is 4.68 Å². The zero-order chi connectivity index (χ0) is 9.26. The van der Waals surface area contributed by atoms with Gasteiger partial charge in [-0.1, -0.05) is 11.6 Å². The lowest BCUT2D eigenvalue weighted by molar-refractivity contribution is 0.203. The maximum absolute atomic E-state index is 6.00. The molecule has 1 saturated heterocycles. The van der Waals surface area contributed by atoms with Gasteiger partial charge in [0.1, 0.15) is 5.15 Å². The topological polar surface area (TPSA) is 21.1 Å². The first-order chi connectivity index (χ1) is 6.27. The Morgan fingerprint density at radius 1 is 1.62 bits per heavy atom. The molecule has 1 atom stereocenters. The van der Waals surface area contributed by atoms with Crippen LogP contribution in [0.3, 0.4) is 0 Å². The largest absolute Gasteiger partial charge is 0.304 e. The third kappa shape index (κ3) is 1.86. The summed E-state index contributed by atoms with van der Waals surface area (Å²) in [7, 11) is 2.14. The lowest BCUT2D eigenvalue weighted by Gasteiger charge is -2.30. The van der Waals surface area contributed by atoms with E-state index in [9.17, 15) is 0 Å². The minimum absolute atomic E-state index is 0.459. The Morgan fingerprint density at radius 2 is 2.46 bits per heavy atom. The van der Waals surface area contributed by atoms with Gasteiger partial charge >= 0.3 is 0 Å². The number of piperidine rings is 1. The zero-order valence-corrected chi connectivity index (χ0v) is 8.54. The summed E-state index contributed by atoms with van der Waals surface area (Å²) in [6.45, 7) is 2.25. The molecule has 1 aliphatic heterocycles. The van der Waals surface area contributed by atoms with Crippen LogP contribution >= 0.6 is 11.6 Å². The van der Waals surface area contributed by atoms with Crippen LogP contribution in [-0.4, -0.2) is 34.8 Å². The predicted molar refractivity (Wildman–Crippen MR) is 53.0 cm³/mol. The zero-order valence-electron chi connectivity index (χ0n) is 7.78. The number of halogens is 1. The van der Waals surface area contributed by atoms with Crippen LogP contribution in [0.5, 0.6) is 0 Å². The highest BCUT2D eigenvalue weighted by Crippen LogP contribution is 2.23. The summed E-state index contributed by atoms with van der Waals surface area (Å²) in [5.74, 6) is 0. The molecule has 13 heavy (non-hydrogen) atoms. The molecule has 4 heteroatoms. The maximum Gasteiger partial charge on any atom is 0.127 e. The molecule has 0 saturated carbocycles. The van der Waals surface area contributed by atoms with Crippen molar-refractivity contribution in [2.75, 3.05) is 20.1 Å². The predicted octanol–water partition coefficient (Wildman–Crippen LogP) is 1.80. The van der Waals surface area contributed by atoms with E-state index < -0.39 is 0 Å². The third-order valence-corrected chi connectivity index (χ3v) is 2.87. The molecule has 2 heterocycles. The van der Waals surface area contributed by atoms with Crippen molar-refractivity contribution in [3.05, 3.63) is 17.4 Å². The molecule has 3 nitrogen and oxygen atoms in total. The minimum atomic E-state index is 0.459. The van der Waals surface area contributed by atoms with E-state index in [4.69, 9.17) is 11.6 Å². The highest BCUT2D eigenvalue weighted by atomic mass is 35.5. The summed E-state index contributed by atoms with van der Waals surface area (Å²) in [6.07, 6.45) is 4.18. The van der Waals surface area contributed by atoms with Crippen LogP contribution in [0.1, 0.15) is 18.9 Å². The van der Waals surface area contributed by atoms with Gasteiger partial charge in [-0.3, -0.25) is 0 Å². The Bertz CT molecular complexity index is 284. The van der Waals surface area contributed by atoms with Crippen LogP contribution in [-0.2, 0) is 0 Å². The van der Waals surface area contributed by atoms with E-state index in [1.807, 2.05) is 10.7 Å². The van der Waals surface area contributed by atoms with Gasteiger partial charge in [-0.15, -0.1) is 0 Å². The minimum Gasteiger partial charge on any atom is -0.304 e. The van der Waals surface area contributed by atoms with Crippen LogP contribution in [0.25, 0.3) is 0 Å². The molecule has 1 aromatic rings. The Morgan fingerprint density at radius 3 is 3.08 bits per heavy atom. The van der Waals surface area contributed by atoms with Gasteiger partial charge in [-0.2, -0.15) is 5.10 Å². The Kier molecular flexibility index (Phi) is 2.56. The first-order valence-electron chi connectivity index (χ1n) is 4.65. The van der Waals surface area contributed by atoms with Crippen LogP contribution in [0, 0.1) is 0 Å². The quantitative estimate of drug-likeness (QED) is 0.688. The third-order valence-electron chi connectivity index (χ3n) is 2.57. The SMILES string of the molecule is CN1CCCC(n2nccc2Cl)C1. The van der Waals surface area contributed by atoms with Crippen molar-refractivity contribution < 1.29 is 0 Å². The van der Waals surface area contributed by atoms with E-state index in [1.54, 1.807) is 6.20 Å². The fraction of sp³-hybridized carbons (Fsp3) is 0.667. The molecular formula is C9H14ClN3. The van der Waals surface area contributed by atoms with Crippen LogP contribution < -0.4 is 0 Å². The van der Waals surface area contributed by atoms with E-state index >= 15 is 0 Å². The van der Waals surface area contributed by atoms with E-state index in [-0.39, 0.29) is 0 Å². The lowest BCUT2D eigenvalue weighted by atomic mass is 10.1. The summed E-state index contributed by atoms with van der Waals surface area (Å²) in [6, 6.07) is 2.30. The average molecular weight is 200 g/mol. The standard InChI is InChI=1S/C9H14ClN3/c1-12-6-2-3-8(7-12)13-9(10)4-5-11-13/h4-5,8H,2-3,6-7H2,1H3. The molecule has 1 aromatic heterocycles. The van der Waals surface area contributed by atoms with Gasteiger partial charge in [0.05, 0.1) is 12.2 Å². The number of hydrogen-bond donors (Lipinski definition) is 0. The van der Waals surface area contributed by atoms with Gasteiger partial charge in [0.25, 0.3) is 0 Å². The monoisotopic (exact) mass is 199 g/mol. The second-order valence-corrected chi connectivity index (χ2v) is 4.04. The molecule has 0 bridgehead atoms. The smallest absolute Gasteiger partial charge is 0.127 e. The summed E-state index contributed by atoms with van der Waals surface area (Å²) >= 11 is 6.00. The van der Waals surface area contributed by atoms with Crippen molar-refractivity contribution >= 4 is 11.6 Å². The number of rotatable bonds is 1. The number of nitrogens with zero attached hydrogens (tertiary/aromatic N) is 3. The number of aromatic nitrogens is 2. The van der Waals surface area contributed by atoms with Crippen LogP contribution in [0.2, 0.25) is 5.15 Å². The second kappa shape index (κ2) is 3.68. The molecular weight excluding hydrogens is 186 g/mol. The summed E-state index contributed by atoms with van der Waals surface area (Å²) in [4.78, 5) is 2.33. The van der Waals surface area contributed by atoms with Gasteiger partial charge in [-0.05, 0) is 32.5 Å². The van der Waals surface area contributed by atoms with Crippen LogP contribution in [0.4, 0.5) is 0 Å². The molecule has 0 aromatic carbocycles. The van der Waals surface area contributed by atoms with Gasteiger partial charge in [0, 0.05) is 6.54 Å². The van der Waals surface area contributed by atoms with Crippen molar-refractivity contribution in [2.45, 2.75) is 18.9 Å². The summed E-state index contributed by atoms with van der Waals surface area (Å²) < 4.78 is 1.93. The van der Waals surface area contributed by atoms with E-state index in [2.05, 4.69) is 17.0 Å². The van der Waals surface area contributed by atoms with Gasteiger partial charge in [0.15, 0.2) is 0 Å². The number of hydrogen-bond acceptors (Lipinski definition) is 2. The number of likely N-dealkylation sites (N-methyl/N-ethyl adjacent to an activating group) is 1. The maximum atomic E-state index is 6.00. The van der Waals surface area contributed by atoms with Crippen molar-refractivity contribution in [2.24, 2.45) is 0 Å². The Labute approximate surface area is 83.3 Å². The van der Waals surface area contributed by atoms with E-state index in [0.29, 0.717) is 6.04 Å². The molecule has 0 radical (unpaired) electrons. The molecule has 72 valence electrons. The van der Waals surface area contributed by atoms with Crippen molar-refractivity contribution in [1.29, 1.82) is 0 Å². The normalized spacial score (nSPS) is 24.9. The highest BCUT2D eigenvalue weighted by molar-refractivity contribution is 6.29. The van der Waals surface area contributed by atoms with Crippen molar-refractivity contribution in [3.8, 4) is 0 Å². The highest BCUT2D eigenvalue weighted by Gasteiger charge is 2.20. The molecule has 1 aliphatic rings. The second-order valence-electron chi connectivity index (χ2n) is 3.66. The first-order valence-corrected chi connectivity index (χ1v) is 5.03. The molecule has 1 unspecified atom stereocenters. The first kappa shape index (κ1) is 9.03. The molecule has 0 N–H and O–H groups in total. The van der Waals surface area contributed by atoms with E-state index in [1.165, 1.54) is 19.4 Å². The summed E-state index contributed by atoms with van der Waals surface area (Å²) in [5, 5.41) is 4.98. The lowest BCUT2D eigenvalue weighted by Crippen LogP contribution is -2.34. The Balaban J connectivity index is 2.12. The molecule has 0 aliphatic carbocycles. The van der Waals surface area contributed by atoms with Gasteiger partial charge in [0.2, 0.25) is 0 Å².